The van der Waals surface area contributed by atoms with Gasteiger partial charge >= 0.3 is 0 Å². The monoisotopic (exact) mass is 520 g/mol. The van der Waals surface area contributed by atoms with Crippen molar-refractivity contribution in [2.75, 3.05) is 16.5 Å². The van der Waals surface area contributed by atoms with Crippen LogP contribution in [0.4, 0.5) is 11.8 Å². The molecule has 0 aliphatic carbocycles. The molecule has 0 aliphatic heterocycles. The van der Waals surface area contributed by atoms with Crippen LogP contribution in [0, 0.1) is 0 Å². The first kappa shape index (κ1) is 25.3. The molecule has 38 heavy (non-hydrogen) atoms. The average Bonchev–Trinajstić information content (AvgIpc) is 2.96. The number of nitrogens with one attached hydrogen (secondary N) is 1. The molecule has 0 radical (unpaired) electrons. The Balaban J connectivity index is 1.48. The van der Waals surface area contributed by atoms with Gasteiger partial charge in [-0.2, -0.15) is 4.98 Å². The molecule has 2 atom stereocenters. The molecule has 1 heterocycles. The highest BCUT2D eigenvalue weighted by atomic mass is 32.2. The van der Waals surface area contributed by atoms with E-state index in [1.807, 2.05) is 104 Å². The Morgan fingerprint density at radius 2 is 1.61 bits per heavy atom. The van der Waals surface area contributed by atoms with Crippen LogP contribution in [0.25, 0.3) is 10.8 Å². The molecule has 0 bridgehead atoms. The van der Waals surface area contributed by atoms with Gasteiger partial charge in [0.2, 0.25) is 5.95 Å². The summed E-state index contributed by atoms with van der Waals surface area (Å²) in [4.78, 5) is 25.4. The van der Waals surface area contributed by atoms with E-state index in [1.165, 1.54) is 0 Å². The van der Waals surface area contributed by atoms with Gasteiger partial charge in [-0.25, -0.2) is 4.98 Å². The summed E-state index contributed by atoms with van der Waals surface area (Å²) in [6, 6.07) is 32.9. The average molecular weight is 521 g/mol. The van der Waals surface area contributed by atoms with Crippen molar-refractivity contribution in [3.63, 3.8) is 0 Å². The van der Waals surface area contributed by atoms with E-state index in [0.717, 1.165) is 26.8 Å². The molecule has 190 valence electrons. The minimum atomic E-state index is -1.07. The number of carbonyl (C=O) groups excluding carboxylic acids is 1. The van der Waals surface area contributed by atoms with Crippen LogP contribution >= 0.6 is 0 Å². The van der Waals surface area contributed by atoms with Crippen molar-refractivity contribution in [2.24, 2.45) is 0 Å². The third-order valence-electron chi connectivity index (χ3n) is 6.40. The minimum absolute atomic E-state index is 0.0152. The standard InChI is InChI=1S/C31H28N4O2S/c1-22(24-8-4-3-5-9-24)33-31-32-19-18-29(34-31)35(21-23-12-16-28(17-13-23)38(2)37)30(36)27-15-14-25-10-6-7-11-26(25)20-27/h3-20,22H,21H2,1-2H3,(H,32,33,34)/t22-,38?/m0/s1. The van der Waals surface area contributed by atoms with Gasteiger partial charge in [0.25, 0.3) is 5.91 Å². The Bertz CT molecular complexity index is 1590. The molecule has 0 saturated carbocycles. The van der Waals surface area contributed by atoms with Gasteiger partial charge in [0.05, 0.1) is 12.6 Å². The number of amides is 1. The molecule has 1 unspecified atom stereocenters. The van der Waals surface area contributed by atoms with Crippen LogP contribution in [0.1, 0.15) is 34.5 Å². The van der Waals surface area contributed by atoms with Gasteiger partial charge < -0.3 is 5.32 Å². The van der Waals surface area contributed by atoms with Crippen molar-refractivity contribution >= 4 is 39.2 Å². The Morgan fingerprint density at radius 1 is 0.895 bits per heavy atom. The number of benzene rings is 4. The molecule has 1 aromatic heterocycles. The van der Waals surface area contributed by atoms with Gasteiger partial charge in [-0.1, -0.05) is 72.8 Å². The number of anilines is 2. The lowest BCUT2D eigenvalue weighted by Crippen LogP contribution is -2.31. The molecule has 6 nitrogen and oxygen atoms in total. The number of aromatic nitrogens is 2. The third-order valence-corrected chi connectivity index (χ3v) is 7.34. The van der Waals surface area contributed by atoms with Crippen LogP contribution in [0.3, 0.4) is 0 Å². The summed E-state index contributed by atoms with van der Waals surface area (Å²) in [6.07, 6.45) is 3.31. The van der Waals surface area contributed by atoms with Crippen molar-refractivity contribution < 1.29 is 9.00 Å². The fraction of sp³-hybridized carbons (Fsp3) is 0.129. The molecule has 5 rings (SSSR count). The lowest BCUT2D eigenvalue weighted by Gasteiger charge is -2.23. The number of carbonyl (C=O) groups is 1. The molecular formula is C31H28N4O2S. The zero-order valence-electron chi connectivity index (χ0n) is 21.2. The number of hydrogen-bond acceptors (Lipinski definition) is 5. The number of rotatable bonds is 8. The van der Waals surface area contributed by atoms with Gasteiger partial charge in [0, 0.05) is 33.7 Å². The first-order valence-corrected chi connectivity index (χ1v) is 13.9. The van der Waals surface area contributed by atoms with E-state index >= 15 is 0 Å². The lowest BCUT2D eigenvalue weighted by molar-refractivity contribution is 0.0984. The quantitative estimate of drug-likeness (QED) is 0.257. The van der Waals surface area contributed by atoms with E-state index in [9.17, 15) is 9.00 Å². The van der Waals surface area contributed by atoms with Crippen molar-refractivity contribution in [1.29, 1.82) is 0 Å². The highest BCUT2D eigenvalue weighted by molar-refractivity contribution is 7.84. The van der Waals surface area contributed by atoms with E-state index in [0.29, 0.717) is 23.9 Å². The summed E-state index contributed by atoms with van der Waals surface area (Å²) in [5.74, 6) is 0.760. The van der Waals surface area contributed by atoms with E-state index in [4.69, 9.17) is 4.98 Å². The maximum absolute atomic E-state index is 13.9. The maximum Gasteiger partial charge on any atom is 0.259 e. The van der Waals surface area contributed by atoms with E-state index in [-0.39, 0.29) is 11.9 Å². The zero-order chi connectivity index (χ0) is 26.5. The minimum Gasteiger partial charge on any atom is -0.348 e. The molecular weight excluding hydrogens is 492 g/mol. The lowest BCUT2D eigenvalue weighted by atomic mass is 10.1. The summed E-state index contributed by atoms with van der Waals surface area (Å²) in [5, 5.41) is 5.41. The van der Waals surface area contributed by atoms with E-state index < -0.39 is 10.8 Å². The second-order valence-corrected chi connectivity index (χ2v) is 10.4. The van der Waals surface area contributed by atoms with Gasteiger partial charge in [-0.15, -0.1) is 0 Å². The first-order chi connectivity index (χ1) is 18.5. The van der Waals surface area contributed by atoms with Crippen molar-refractivity contribution in [1.82, 2.24) is 9.97 Å². The Kier molecular flexibility index (Phi) is 7.56. The van der Waals surface area contributed by atoms with Crippen LogP contribution in [-0.2, 0) is 17.3 Å². The SMILES string of the molecule is C[C@H](Nc1nccc(N(Cc2ccc(S(C)=O)cc2)C(=O)c2ccc3ccccc3c2)n1)c1ccccc1. The summed E-state index contributed by atoms with van der Waals surface area (Å²) < 4.78 is 11.9. The smallest absolute Gasteiger partial charge is 0.259 e. The number of hydrogen-bond donors (Lipinski definition) is 1. The first-order valence-electron chi connectivity index (χ1n) is 12.4. The Labute approximate surface area is 224 Å². The Morgan fingerprint density at radius 3 is 2.34 bits per heavy atom. The number of fused-ring (bicyclic) bond motifs is 1. The summed E-state index contributed by atoms with van der Waals surface area (Å²) in [6.45, 7) is 2.34. The molecule has 0 spiro atoms. The van der Waals surface area contributed by atoms with Gasteiger partial charge in [0.15, 0.2) is 0 Å². The topological polar surface area (TPSA) is 75.2 Å². The molecule has 0 saturated heterocycles. The summed E-state index contributed by atoms with van der Waals surface area (Å²) >= 11 is 0. The van der Waals surface area contributed by atoms with Crippen molar-refractivity contribution in [3.05, 3.63) is 126 Å². The van der Waals surface area contributed by atoms with Crippen molar-refractivity contribution in [3.8, 4) is 0 Å². The number of nitrogens with zero attached hydrogens (tertiary/aromatic N) is 3. The van der Waals surface area contributed by atoms with E-state index in [2.05, 4.69) is 10.3 Å². The second-order valence-electron chi connectivity index (χ2n) is 9.07. The van der Waals surface area contributed by atoms with Crippen LogP contribution in [0.15, 0.2) is 114 Å². The summed E-state index contributed by atoms with van der Waals surface area (Å²) in [7, 11) is -1.07. The molecule has 1 N–H and O–H groups in total. The maximum atomic E-state index is 13.9. The molecule has 1 amide bonds. The van der Waals surface area contributed by atoms with Crippen molar-refractivity contribution in [2.45, 2.75) is 24.4 Å². The predicted octanol–water partition coefficient (Wildman–Crippen LogP) is 6.39. The van der Waals surface area contributed by atoms with E-state index in [1.54, 1.807) is 23.4 Å². The van der Waals surface area contributed by atoms with Crippen LogP contribution < -0.4 is 10.2 Å². The van der Waals surface area contributed by atoms with Crippen LogP contribution in [0.5, 0.6) is 0 Å². The second kappa shape index (κ2) is 11.4. The van der Waals surface area contributed by atoms with Crippen LogP contribution in [-0.4, -0.2) is 26.3 Å². The fourth-order valence-electron chi connectivity index (χ4n) is 4.29. The predicted molar refractivity (Wildman–Crippen MR) is 154 cm³/mol. The normalized spacial score (nSPS) is 12.6. The van der Waals surface area contributed by atoms with Gasteiger partial charge in [-0.3, -0.25) is 13.9 Å². The Hall–Kier alpha value is -4.36. The molecule has 5 aromatic rings. The van der Waals surface area contributed by atoms with Gasteiger partial charge in [-0.05, 0) is 59.2 Å². The molecule has 4 aromatic carbocycles. The fourth-order valence-corrected chi connectivity index (χ4v) is 4.81. The molecule has 7 heteroatoms. The highest BCUT2D eigenvalue weighted by Crippen LogP contribution is 2.24. The highest BCUT2D eigenvalue weighted by Gasteiger charge is 2.21. The largest absolute Gasteiger partial charge is 0.348 e. The molecule has 0 aliphatic rings. The third kappa shape index (κ3) is 5.79. The van der Waals surface area contributed by atoms with Crippen LogP contribution in [0.2, 0.25) is 0 Å². The molecule has 0 fully saturated rings. The summed E-state index contributed by atoms with van der Waals surface area (Å²) in [5.41, 5.74) is 2.58. The van der Waals surface area contributed by atoms with Gasteiger partial charge in [0.1, 0.15) is 5.82 Å². The zero-order valence-corrected chi connectivity index (χ0v) is 22.1.